The van der Waals surface area contributed by atoms with E-state index in [1.54, 1.807) is 6.07 Å². The molecule has 1 aromatic carbocycles. The van der Waals surface area contributed by atoms with Gasteiger partial charge in [0.05, 0.1) is 0 Å². The van der Waals surface area contributed by atoms with Crippen LogP contribution in [0.3, 0.4) is 0 Å². The van der Waals surface area contributed by atoms with E-state index in [9.17, 15) is 4.39 Å². The number of nitrogens with one attached hydrogen (secondary N) is 1. The summed E-state index contributed by atoms with van der Waals surface area (Å²) in [6.45, 7) is 2.84. The van der Waals surface area contributed by atoms with E-state index in [-0.39, 0.29) is 5.82 Å². The van der Waals surface area contributed by atoms with Crippen LogP contribution in [0.5, 0.6) is 0 Å². The molecule has 0 amide bonds. The van der Waals surface area contributed by atoms with Crippen LogP contribution in [0.1, 0.15) is 31.7 Å². The number of rotatable bonds is 5. The van der Waals surface area contributed by atoms with Gasteiger partial charge in [-0.3, -0.25) is 0 Å². The molecule has 1 aromatic rings. The number of hydrogen-bond acceptors (Lipinski definition) is 2. The lowest BCUT2D eigenvalue weighted by atomic mass is 10.2. The fourth-order valence-corrected chi connectivity index (χ4v) is 4.00. The van der Waals surface area contributed by atoms with E-state index in [1.165, 1.54) is 31.1 Å². The van der Waals surface area contributed by atoms with Crippen LogP contribution in [0, 0.1) is 5.82 Å². The van der Waals surface area contributed by atoms with Crippen LogP contribution in [0.4, 0.5) is 4.39 Å². The van der Waals surface area contributed by atoms with Crippen molar-refractivity contribution in [2.45, 2.75) is 44.0 Å². The van der Waals surface area contributed by atoms with E-state index in [1.807, 2.05) is 17.8 Å². The Balaban J connectivity index is 1.83. The van der Waals surface area contributed by atoms with Gasteiger partial charge in [-0.1, -0.05) is 22.9 Å². The summed E-state index contributed by atoms with van der Waals surface area (Å²) in [5, 5.41) is 4.27. The predicted molar refractivity (Wildman–Crippen MR) is 80.5 cm³/mol. The number of thioether (sulfide) groups is 1. The predicted octanol–water partition coefficient (Wildman–Crippen LogP) is 4.35. The fraction of sp³-hybridized carbons (Fsp3) is 0.571. The number of benzene rings is 1. The molecule has 1 nitrogen and oxygen atoms in total. The van der Waals surface area contributed by atoms with Gasteiger partial charge in [-0.05, 0) is 43.2 Å². The van der Waals surface area contributed by atoms with Gasteiger partial charge in [0.15, 0.2) is 0 Å². The molecule has 1 saturated carbocycles. The Morgan fingerprint density at radius 2 is 2.28 bits per heavy atom. The number of hydrogen-bond donors (Lipinski definition) is 1. The van der Waals surface area contributed by atoms with Crippen LogP contribution in [-0.2, 0) is 6.54 Å². The second-order valence-electron chi connectivity index (χ2n) is 4.70. The van der Waals surface area contributed by atoms with Crippen molar-refractivity contribution < 1.29 is 4.39 Å². The average Bonchev–Trinajstić information content (AvgIpc) is 2.79. The Morgan fingerprint density at radius 1 is 1.44 bits per heavy atom. The third-order valence-electron chi connectivity index (χ3n) is 3.38. The average molecular weight is 332 g/mol. The highest BCUT2D eigenvalue weighted by Crippen LogP contribution is 2.30. The fourth-order valence-electron chi connectivity index (χ4n) is 2.45. The molecule has 0 saturated heterocycles. The highest BCUT2D eigenvalue weighted by Gasteiger charge is 2.24. The van der Waals surface area contributed by atoms with Crippen LogP contribution < -0.4 is 5.32 Å². The van der Waals surface area contributed by atoms with Crippen molar-refractivity contribution in [1.29, 1.82) is 0 Å². The van der Waals surface area contributed by atoms with Gasteiger partial charge in [-0.25, -0.2) is 4.39 Å². The molecule has 0 spiro atoms. The van der Waals surface area contributed by atoms with Crippen molar-refractivity contribution in [3.05, 3.63) is 34.1 Å². The molecule has 0 heterocycles. The lowest BCUT2D eigenvalue weighted by molar-refractivity contribution is 0.509. The van der Waals surface area contributed by atoms with E-state index >= 15 is 0 Å². The minimum Gasteiger partial charge on any atom is -0.310 e. The van der Waals surface area contributed by atoms with Crippen molar-refractivity contribution in [2.24, 2.45) is 0 Å². The Labute approximate surface area is 121 Å². The summed E-state index contributed by atoms with van der Waals surface area (Å²) in [6.07, 6.45) is 3.72. The normalized spacial score (nSPS) is 23.5. The van der Waals surface area contributed by atoms with Crippen LogP contribution in [0.15, 0.2) is 22.7 Å². The third kappa shape index (κ3) is 3.97. The summed E-state index contributed by atoms with van der Waals surface area (Å²) in [7, 11) is 0. The standard InChI is InChI=1S/C14H19BrFNS/c1-2-18-13-5-4-12(8-13)17-9-10-7-11(15)3-6-14(10)16/h3,6-7,12-13,17H,2,4-5,8-9H2,1H3. The second-order valence-corrected chi connectivity index (χ2v) is 7.20. The van der Waals surface area contributed by atoms with Gasteiger partial charge in [0, 0.05) is 27.9 Å². The SMILES string of the molecule is CCSC1CCC(NCc2cc(Br)ccc2F)C1. The molecule has 0 aromatic heterocycles. The maximum absolute atomic E-state index is 13.6. The van der Waals surface area contributed by atoms with Gasteiger partial charge < -0.3 is 5.32 Å². The van der Waals surface area contributed by atoms with Crippen LogP contribution in [-0.4, -0.2) is 17.0 Å². The summed E-state index contributed by atoms with van der Waals surface area (Å²) in [6, 6.07) is 5.66. The van der Waals surface area contributed by atoms with Gasteiger partial charge in [0.25, 0.3) is 0 Å². The Bertz CT molecular complexity index is 399. The molecule has 1 N–H and O–H groups in total. The Hall–Kier alpha value is -0.0600. The third-order valence-corrected chi connectivity index (χ3v) is 5.10. The van der Waals surface area contributed by atoms with Crippen molar-refractivity contribution in [1.82, 2.24) is 5.32 Å². The first-order valence-corrected chi connectivity index (χ1v) is 8.32. The van der Waals surface area contributed by atoms with E-state index in [2.05, 4.69) is 28.2 Å². The minimum atomic E-state index is -0.122. The van der Waals surface area contributed by atoms with Gasteiger partial charge in [0.1, 0.15) is 5.82 Å². The smallest absolute Gasteiger partial charge is 0.127 e. The maximum atomic E-state index is 13.6. The number of halogens is 2. The zero-order valence-electron chi connectivity index (χ0n) is 10.6. The topological polar surface area (TPSA) is 12.0 Å². The van der Waals surface area contributed by atoms with Crippen LogP contribution in [0.25, 0.3) is 0 Å². The zero-order valence-corrected chi connectivity index (χ0v) is 13.0. The molecule has 2 atom stereocenters. The van der Waals surface area contributed by atoms with Crippen LogP contribution >= 0.6 is 27.7 Å². The first-order valence-electron chi connectivity index (χ1n) is 6.48. The van der Waals surface area contributed by atoms with Crippen molar-refractivity contribution >= 4 is 27.7 Å². The minimum absolute atomic E-state index is 0.122. The molecule has 0 bridgehead atoms. The lowest BCUT2D eigenvalue weighted by Crippen LogP contribution is -2.26. The Morgan fingerprint density at radius 3 is 3.06 bits per heavy atom. The lowest BCUT2D eigenvalue weighted by Gasteiger charge is -2.13. The van der Waals surface area contributed by atoms with Gasteiger partial charge >= 0.3 is 0 Å². The van der Waals surface area contributed by atoms with Crippen molar-refractivity contribution in [3.63, 3.8) is 0 Å². The first kappa shape index (κ1) is 14.4. The molecule has 1 aliphatic carbocycles. The summed E-state index contributed by atoms with van der Waals surface area (Å²) in [4.78, 5) is 0. The summed E-state index contributed by atoms with van der Waals surface area (Å²) >= 11 is 5.43. The van der Waals surface area contributed by atoms with E-state index < -0.39 is 0 Å². The largest absolute Gasteiger partial charge is 0.310 e. The van der Waals surface area contributed by atoms with Gasteiger partial charge in [-0.2, -0.15) is 11.8 Å². The summed E-state index contributed by atoms with van der Waals surface area (Å²) in [5.74, 6) is 1.07. The van der Waals surface area contributed by atoms with E-state index in [0.717, 1.165) is 15.3 Å². The highest BCUT2D eigenvalue weighted by molar-refractivity contribution is 9.10. The van der Waals surface area contributed by atoms with Crippen molar-refractivity contribution in [2.75, 3.05) is 5.75 Å². The zero-order chi connectivity index (χ0) is 13.0. The molecule has 4 heteroatoms. The molecular weight excluding hydrogens is 313 g/mol. The highest BCUT2D eigenvalue weighted by atomic mass is 79.9. The van der Waals surface area contributed by atoms with Gasteiger partial charge in [0.2, 0.25) is 0 Å². The molecule has 1 aliphatic rings. The molecule has 2 unspecified atom stereocenters. The molecule has 18 heavy (non-hydrogen) atoms. The second kappa shape index (κ2) is 6.92. The van der Waals surface area contributed by atoms with E-state index in [4.69, 9.17) is 0 Å². The monoisotopic (exact) mass is 331 g/mol. The Kier molecular flexibility index (Phi) is 5.52. The molecule has 0 radical (unpaired) electrons. The summed E-state index contributed by atoms with van der Waals surface area (Å²) in [5.41, 5.74) is 0.746. The molecule has 2 rings (SSSR count). The quantitative estimate of drug-likeness (QED) is 0.860. The maximum Gasteiger partial charge on any atom is 0.127 e. The molecular formula is C14H19BrFNS. The van der Waals surface area contributed by atoms with E-state index in [0.29, 0.717) is 12.6 Å². The summed E-state index contributed by atoms with van der Waals surface area (Å²) < 4.78 is 14.5. The molecule has 1 fully saturated rings. The van der Waals surface area contributed by atoms with Crippen LogP contribution in [0.2, 0.25) is 0 Å². The molecule has 100 valence electrons. The molecule has 0 aliphatic heterocycles. The van der Waals surface area contributed by atoms with Gasteiger partial charge in [-0.15, -0.1) is 0 Å². The first-order chi connectivity index (χ1) is 8.69. The van der Waals surface area contributed by atoms with Crippen molar-refractivity contribution in [3.8, 4) is 0 Å².